The molecule has 3 unspecified atom stereocenters. The van der Waals surface area contributed by atoms with Crippen molar-refractivity contribution in [3.63, 3.8) is 0 Å². The van der Waals surface area contributed by atoms with Crippen molar-refractivity contribution in [1.29, 1.82) is 0 Å². The molecule has 14 nitrogen and oxygen atoms in total. The summed E-state index contributed by atoms with van der Waals surface area (Å²) in [5.74, 6) is -4.11. The molecule has 8 atom stereocenters. The normalized spacial score (nSPS) is 30.5. The predicted octanol–water partition coefficient (Wildman–Crippen LogP) is -2.27. The average molecular weight is 593 g/mol. The second-order valence-corrected chi connectivity index (χ2v) is 12.5. The Kier molecular flexibility index (Phi) is 10.5. The van der Waals surface area contributed by atoms with Gasteiger partial charge < -0.3 is 35.6 Å². The van der Waals surface area contributed by atoms with Crippen molar-refractivity contribution < 1.29 is 50.2 Å². The van der Waals surface area contributed by atoms with Crippen LogP contribution in [0.1, 0.15) is 40.9 Å². The van der Waals surface area contributed by atoms with Crippen molar-refractivity contribution in [3.8, 4) is 0 Å². The van der Waals surface area contributed by atoms with E-state index in [9.17, 15) is 44.1 Å². The van der Waals surface area contributed by atoms with Gasteiger partial charge in [0.1, 0.15) is 37.6 Å². The minimum Gasteiger partial charge on any atom is -0.463 e. The van der Waals surface area contributed by atoms with Crippen molar-refractivity contribution in [1.82, 2.24) is 20.4 Å². The number of fused-ring (bicyclic) bond motifs is 1. The number of nitrogens with zero attached hydrogens (tertiary/aromatic N) is 2. The van der Waals surface area contributed by atoms with Crippen LogP contribution in [0.5, 0.6) is 0 Å². The number of aliphatic hydroxyl groups excluding tert-OH is 3. The lowest BCUT2D eigenvalue weighted by atomic mass is 9.92. The van der Waals surface area contributed by atoms with E-state index in [0.29, 0.717) is 25.1 Å². The third-order valence-corrected chi connectivity index (χ3v) is 9.64. The summed E-state index contributed by atoms with van der Waals surface area (Å²) in [7, 11) is 3.10. The Morgan fingerprint density at radius 3 is 2.51 bits per heavy atom. The van der Waals surface area contributed by atoms with Crippen LogP contribution in [0.2, 0.25) is 0 Å². The molecule has 0 radical (unpaired) electrons. The summed E-state index contributed by atoms with van der Waals surface area (Å²) in [6, 6.07) is -1.21. The molecule has 0 aromatic heterocycles. The highest BCUT2D eigenvalue weighted by molar-refractivity contribution is 8.76. The monoisotopic (exact) mass is 592 g/mol. The van der Waals surface area contributed by atoms with E-state index in [1.165, 1.54) is 10.8 Å². The minimum atomic E-state index is -1.65. The van der Waals surface area contributed by atoms with Crippen molar-refractivity contribution in [2.75, 3.05) is 25.4 Å². The molecule has 5 amide bonds. The maximum atomic E-state index is 12.5. The smallest absolute Gasteiger partial charge is 0.314 e. The first-order chi connectivity index (χ1) is 18.8. The molecule has 0 saturated carbocycles. The molecule has 39 heavy (non-hydrogen) atoms. The third kappa shape index (κ3) is 7.63. The van der Waals surface area contributed by atoms with Gasteiger partial charge in [-0.15, -0.1) is 0 Å². The number of carbonyl (C=O) groups is 6. The molecule has 16 heteroatoms. The number of esters is 1. The molecule has 3 aliphatic rings. The van der Waals surface area contributed by atoms with Gasteiger partial charge in [-0.3, -0.25) is 33.7 Å². The van der Waals surface area contributed by atoms with E-state index in [-0.39, 0.29) is 18.2 Å². The van der Waals surface area contributed by atoms with Crippen molar-refractivity contribution in [2.45, 2.75) is 75.3 Å². The molecule has 0 aliphatic carbocycles. The fourth-order valence-electron chi connectivity index (χ4n) is 4.24. The van der Waals surface area contributed by atoms with Crippen LogP contribution in [-0.2, 0) is 33.5 Å². The zero-order valence-electron chi connectivity index (χ0n) is 22.5. The van der Waals surface area contributed by atoms with E-state index in [1.54, 1.807) is 17.7 Å². The van der Waals surface area contributed by atoms with Crippen LogP contribution < -0.4 is 10.6 Å². The number of carbonyl (C=O) groups excluding carboxylic acids is 6. The summed E-state index contributed by atoms with van der Waals surface area (Å²) in [5.41, 5.74) is 0. The number of imide groups is 1. The predicted molar refractivity (Wildman–Crippen MR) is 138 cm³/mol. The number of likely N-dealkylation sites (tertiary alicyclic amines) is 1. The largest absolute Gasteiger partial charge is 0.463 e. The van der Waals surface area contributed by atoms with Crippen LogP contribution in [-0.4, -0.2) is 122 Å². The highest BCUT2D eigenvalue weighted by atomic mass is 33.1. The molecule has 0 aromatic carbocycles. The summed E-state index contributed by atoms with van der Waals surface area (Å²) in [6.45, 7) is 3.13. The highest BCUT2D eigenvalue weighted by Crippen LogP contribution is 2.30. The van der Waals surface area contributed by atoms with Gasteiger partial charge in [-0.05, 0) is 12.8 Å². The van der Waals surface area contributed by atoms with Crippen LogP contribution in [0, 0.1) is 5.92 Å². The Bertz CT molecular complexity index is 1020. The Labute approximate surface area is 234 Å². The molecular formula is C23H34N4O10S2. The number of piperidine rings is 1. The van der Waals surface area contributed by atoms with Gasteiger partial charge in [0.15, 0.2) is 0 Å². The fourth-order valence-corrected chi connectivity index (χ4v) is 6.79. The number of hydrogen-bond donors (Lipinski definition) is 5. The number of hydrogen-bond acceptors (Lipinski definition) is 12. The minimum absolute atomic E-state index is 0.150. The van der Waals surface area contributed by atoms with Crippen LogP contribution in [0.15, 0.2) is 0 Å². The van der Waals surface area contributed by atoms with E-state index < -0.39 is 84.9 Å². The Morgan fingerprint density at radius 1 is 1.13 bits per heavy atom. The number of nitrogens with one attached hydrogen (secondary N) is 2. The number of aliphatic hydroxyl groups is 3. The maximum Gasteiger partial charge on any atom is 0.314 e. The van der Waals surface area contributed by atoms with Gasteiger partial charge in [0, 0.05) is 31.7 Å². The Morgan fingerprint density at radius 2 is 1.85 bits per heavy atom. The molecule has 3 rings (SSSR count). The topological polar surface area (TPSA) is 203 Å². The second-order valence-electron chi connectivity index (χ2n) is 9.58. The van der Waals surface area contributed by atoms with E-state index in [2.05, 4.69) is 10.6 Å². The van der Waals surface area contributed by atoms with Crippen LogP contribution in [0.4, 0.5) is 0 Å². The van der Waals surface area contributed by atoms with E-state index in [4.69, 9.17) is 6.11 Å². The molecule has 218 valence electrons. The van der Waals surface area contributed by atoms with Crippen molar-refractivity contribution >= 4 is 57.1 Å². The number of amides is 5. The lowest BCUT2D eigenvalue weighted by Crippen LogP contribution is -2.68. The van der Waals surface area contributed by atoms with Crippen LogP contribution in [0.25, 0.3) is 0 Å². The zero-order chi connectivity index (χ0) is 29.7. The van der Waals surface area contributed by atoms with E-state index >= 15 is 0 Å². The van der Waals surface area contributed by atoms with E-state index in [0.717, 1.165) is 9.80 Å². The lowest BCUT2D eigenvalue weighted by Gasteiger charge is -2.44. The first-order valence-corrected chi connectivity index (χ1v) is 14.9. The fraction of sp³-hybridized carbons (Fsp3) is 0.739. The summed E-state index contributed by atoms with van der Waals surface area (Å²) in [4.78, 5) is 73.5. The molecule has 3 fully saturated rings. The summed E-state index contributed by atoms with van der Waals surface area (Å²) in [6.07, 6.45) is -6.33. The average Bonchev–Trinajstić information content (AvgIpc) is 3.33. The number of rotatable bonds is 13. The molecular weight excluding hydrogens is 556 g/mol. The molecule has 3 aliphatic heterocycles. The summed E-state index contributed by atoms with van der Waals surface area (Å²) < 4.78 is 12.7. The van der Waals surface area contributed by atoms with Crippen LogP contribution in [0.3, 0.4) is 0 Å². The van der Waals surface area contributed by atoms with Crippen molar-refractivity contribution in [3.05, 3.63) is 0 Å². The Balaban J connectivity index is 1.31. The van der Waals surface area contributed by atoms with Gasteiger partial charge in [-0.1, -0.05) is 35.4 Å². The highest BCUT2D eigenvalue weighted by Gasteiger charge is 2.55. The van der Waals surface area contributed by atoms with Gasteiger partial charge in [0.2, 0.25) is 17.7 Å². The van der Waals surface area contributed by atoms with Gasteiger partial charge in [0.25, 0.3) is 0 Å². The molecule has 5 N–H and O–H groups in total. The van der Waals surface area contributed by atoms with Gasteiger partial charge >= 0.3 is 17.8 Å². The zero-order valence-corrected chi connectivity index (χ0v) is 23.1. The first kappa shape index (κ1) is 29.6. The third-order valence-electron chi connectivity index (χ3n) is 6.64. The molecule has 3 heterocycles. The quantitative estimate of drug-likeness (QED) is 0.0505. The van der Waals surface area contributed by atoms with Gasteiger partial charge in [-0.2, -0.15) is 0 Å². The molecule has 0 bridgehead atoms. The van der Waals surface area contributed by atoms with Crippen LogP contribution >= 0.6 is 21.6 Å². The second kappa shape index (κ2) is 13.8. The standard InChI is InChI=1S/C23H34N4O10S2/c1-11(6-8-38-39-12(2)5-7-24-14(28)9-26-15(29)3-4-16(26)30)23(36)37-10-13-17(31)18(32)19(33)20-25-21(34)22(35)27(13)20/h11-13,17-20,31-33H,3-10H2,1-2H3,(H,24,28)(H,25,34)/t11?,12?,13-,17-,18+,19+,20+/m1/s1/i3T/t3?,11?,12?,13-,17-,18+,19+,20+. The summed E-state index contributed by atoms with van der Waals surface area (Å²) in [5, 5.41) is 35.5. The maximum absolute atomic E-state index is 12.5. The van der Waals surface area contributed by atoms with Gasteiger partial charge in [-0.25, -0.2) is 0 Å². The Hall–Kier alpha value is -2.40. The van der Waals surface area contributed by atoms with Gasteiger partial charge in [0.05, 0.1) is 12.0 Å². The lowest BCUT2D eigenvalue weighted by molar-refractivity contribution is -0.182. The number of ether oxygens (including phenoxy) is 1. The SMILES string of the molecule is [3H]C1CC(=O)N(CC(=O)NCCC(C)SSCCC(C)C(=O)OC[C@@H]2[C@@H](O)[C@H](O)[C@H](O)[C@H]3NC(=O)C(=O)N23)C1=O. The molecule has 3 saturated heterocycles. The van der Waals surface area contributed by atoms with Crippen molar-refractivity contribution in [2.24, 2.45) is 5.92 Å². The summed E-state index contributed by atoms with van der Waals surface area (Å²) >= 11 is 0. The van der Waals surface area contributed by atoms with E-state index in [1.807, 2.05) is 6.92 Å². The molecule has 0 spiro atoms. The first-order valence-electron chi connectivity index (χ1n) is 13.1. The molecule has 0 aromatic rings.